The summed E-state index contributed by atoms with van der Waals surface area (Å²) in [4.78, 5) is 11.3. The lowest BCUT2D eigenvalue weighted by Crippen LogP contribution is -2.05. The SMILES string of the molecule is CSN(C)c1cccc(-c2c(C)n(C/C(F)=C/CN)c3cc(F)c(C=O)cc23)c1. The third-order valence-corrected chi connectivity index (χ3v) is 5.75. The lowest BCUT2D eigenvalue weighted by atomic mass is 10.0. The molecule has 0 amide bonds. The molecule has 0 bridgehead atoms. The van der Waals surface area contributed by atoms with E-state index in [4.69, 9.17) is 5.73 Å². The molecule has 0 radical (unpaired) electrons. The third kappa shape index (κ3) is 4.06. The fraction of sp³-hybridized carbons (Fsp3) is 0.227. The van der Waals surface area contributed by atoms with Gasteiger partial charge < -0.3 is 14.6 Å². The predicted octanol–water partition coefficient (Wildman–Crippen LogP) is 5.09. The summed E-state index contributed by atoms with van der Waals surface area (Å²) in [6.07, 6.45) is 3.78. The number of halogens is 2. The maximum Gasteiger partial charge on any atom is 0.153 e. The van der Waals surface area contributed by atoms with Crippen LogP contribution in [0.3, 0.4) is 0 Å². The van der Waals surface area contributed by atoms with E-state index in [1.807, 2.05) is 48.8 Å². The number of hydrogen-bond donors (Lipinski definition) is 1. The zero-order chi connectivity index (χ0) is 21.1. The molecule has 0 aliphatic heterocycles. The van der Waals surface area contributed by atoms with Crippen molar-refractivity contribution in [1.29, 1.82) is 0 Å². The molecule has 0 aliphatic rings. The van der Waals surface area contributed by atoms with Crippen LogP contribution in [0.4, 0.5) is 14.5 Å². The van der Waals surface area contributed by atoms with Crippen LogP contribution in [0.2, 0.25) is 0 Å². The number of aldehydes is 1. The van der Waals surface area contributed by atoms with Gasteiger partial charge in [0.1, 0.15) is 11.6 Å². The van der Waals surface area contributed by atoms with E-state index < -0.39 is 11.6 Å². The van der Waals surface area contributed by atoms with Gasteiger partial charge in [-0.1, -0.05) is 24.1 Å². The Morgan fingerprint density at radius 3 is 2.72 bits per heavy atom. The molecular formula is C22H23F2N3OS. The van der Waals surface area contributed by atoms with Gasteiger partial charge in [0.15, 0.2) is 6.29 Å². The lowest BCUT2D eigenvalue weighted by Gasteiger charge is -2.16. The summed E-state index contributed by atoms with van der Waals surface area (Å²) in [5.74, 6) is -1.02. The van der Waals surface area contributed by atoms with Crippen LogP contribution in [0.1, 0.15) is 16.1 Å². The van der Waals surface area contributed by atoms with Crippen LogP contribution >= 0.6 is 11.9 Å². The van der Waals surface area contributed by atoms with Crippen LogP contribution in [-0.4, -0.2) is 30.7 Å². The molecule has 0 aliphatic carbocycles. The molecule has 0 fully saturated rings. The highest BCUT2D eigenvalue weighted by Gasteiger charge is 2.19. The maximum absolute atomic E-state index is 14.4. The highest BCUT2D eigenvalue weighted by atomic mass is 32.2. The molecule has 29 heavy (non-hydrogen) atoms. The minimum Gasteiger partial charge on any atom is -0.337 e. The van der Waals surface area contributed by atoms with E-state index in [1.54, 1.807) is 16.5 Å². The van der Waals surface area contributed by atoms with Crippen molar-refractivity contribution in [3.63, 3.8) is 0 Å². The molecule has 3 aromatic rings. The summed E-state index contributed by atoms with van der Waals surface area (Å²) in [6.45, 7) is 1.90. The van der Waals surface area contributed by atoms with E-state index in [9.17, 15) is 13.6 Å². The number of nitrogens with zero attached hydrogens (tertiary/aromatic N) is 2. The van der Waals surface area contributed by atoms with E-state index in [0.29, 0.717) is 17.2 Å². The number of aromatic nitrogens is 1. The minimum atomic E-state index is -0.628. The van der Waals surface area contributed by atoms with Crippen LogP contribution in [0.25, 0.3) is 22.0 Å². The molecule has 4 nitrogen and oxygen atoms in total. The Balaban J connectivity index is 2.30. The van der Waals surface area contributed by atoms with Crippen molar-refractivity contribution in [2.75, 3.05) is 24.2 Å². The number of rotatable bonds is 7. The number of anilines is 1. The van der Waals surface area contributed by atoms with Crippen molar-refractivity contribution in [3.8, 4) is 11.1 Å². The predicted molar refractivity (Wildman–Crippen MR) is 118 cm³/mol. The quantitative estimate of drug-likeness (QED) is 0.431. The Hall–Kier alpha value is -2.64. The molecule has 2 aromatic carbocycles. The van der Waals surface area contributed by atoms with Gasteiger partial charge in [0.05, 0.1) is 17.6 Å². The van der Waals surface area contributed by atoms with E-state index in [1.165, 1.54) is 18.2 Å². The normalized spacial score (nSPS) is 11.9. The van der Waals surface area contributed by atoms with Gasteiger partial charge in [-0.15, -0.1) is 0 Å². The van der Waals surface area contributed by atoms with Gasteiger partial charge in [-0.2, -0.15) is 0 Å². The number of allylic oxidation sites excluding steroid dienone is 1. The molecule has 3 rings (SSSR count). The molecule has 0 unspecified atom stereocenters. The molecule has 2 N–H and O–H groups in total. The van der Waals surface area contributed by atoms with Crippen molar-refractivity contribution in [2.24, 2.45) is 5.73 Å². The number of nitrogens with two attached hydrogens (primary N) is 1. The van der Waals surface area contributed by atoms with E-state index in [0.717, 1.165) is 22.5 Å². The van der Waals surface area contributed by atoms with Crippen LogP contribution in [0, 0.1) is 12.7 Å². The topological polar surface area (TPSA) is 51.3 Å². The van der Waals surface area contributed by atoms with Gasteiger partial charge >= 0.3 is 0 Å². The second kappa shape index (κ2) is 8.80. The maximum atomic E-state index is 14.4. The van der Waals surface area contributed by atoms with Crippen molar-refractivity contribution < 1.29 is 13.6 Å². The minimum absolute atomic E-state index is 0.0220. The largest absolute Gasteiger partial charge is 0.337 e. The summed E-state index contributed by atoms with van der Waals surface area (Å²) in [5, 5.41) is 0.704. The van der Waals surface area contributed by atoms with E-state index >= 15 is 0 Å². The Labute approximate surface area is 173 Å². The number of carbonyl (C=O) groups is 1. The smallest absolute Gasteiger partial charge is 0.153 e. The Morgan fingerprint density at radius 2 is 2.07 bits per heavy atom. The molecule has 0 saturated heterocycles. The molecule has 0 spiro atoms. The molecule has 1 aromatic heterocycles. The first kappa shape index (κ1) is 21.1. The molecule has 0 atom stereocenters. The second-order valence-electron chi connectivity index (χ2n) is 6.67. The Morgan fingerprint density at radius 1 is 1.31 bits per heavy atom. The van der Waals surface area contributed by atoms with Crippen LogP contribution in [-0.2, 0) is 6.54 Å². The summed E-state index contributed by atoms with van der Waals surface area (Å²) in [6, 6.07) is 10.8. The van der Waals surface area contributed by atoms with Crippen molar-refractivity contribution in [1.82, 2.24) is 4.57 Å². The summed E-state index contributed by atoms with van der Waals surface area (Å²) in [7, 11) is 1.97. The highest BCUT2D eigenvalue weighted by Crippen LogP contribution is 2.38. The molecule has 7 heteroatoms. The summed E-state index contributed by atoms with van der Waals surface area (Å²) >= 11 is 1.58. The number of fused-ring (bicyclic) bond motifs is 1. The van der Waals surface area contributed by atoms with Gasteiger partial charge in [-0.05, 0) is 42.8 Å². The van der Waals surface area contributed by atoms with Crippen LogP contribution < -0.4 is 10.0 Å². The fourth-order valence-electron chi connectivity index (χ4n) is 3.48. The van der Waals surface area contributed by atoms with Gasteiger partial charge in [0.2, 0.25) is 0 Å². The first-order valence-electron chi connectivity index (χ1n) is 9.11. The summed E-state index contributed by atoms with van der Waals surface area (Å²) in [5.41, 5.74) is 9.48. The zero-order valence-corrected chi connectivity index (χ0v) is 17.4. The van der Waals surface area contributed by atoms with Crippen LogP contribution in [0.5, 0.6) is 0 Å². The van der Waals surface area contributed by atoms with Crippen molar-refractivity contribution >= 4 is 34.8 Å². The molecule has 1 heterocycles. The van der Waals surface area contributed by atoms with Gasteiger partial charge in [-0.3, -0.25) is 4.79 Å². The standard InChI is InChI=1S/C22H23F2N3OS/c1-14-22(15-5-4-6-18(9-15)26(2)29-3)19-10-16(13-28)20(24)11-21(19)27(14)12-17(23)7-8-25/h4-7,9-11,13H,8,12,25H2,1-3H3/b17-7-. The van der Waals surface area contributed by atoms with Crippen LogP contribution in [0.15, 0.2) is 48.3 Å². The fourth-order valence-corrected chi connectivity index (χ4v) is 3.80. The first-order chi connectivity index (χ1) is 13.9. The van der Waals surface area contributed by atoms with Crippen molar-refractivity contribution in [2.45, 2.75) is 13.5 Å². The van der Waals surface area contributed by atoms with Gasteiger partial charge in [0.25, 0.3) is 0 Å². The molecular weight excluding hydrogens is 392 g/mol. The van der Waals surface area contributed by atoms with Crippen molar-refractivity contribution in [3.05, 3.63) is 65.4 Å². The molecule has 152 valence electrons. The van der Waals surface area contributed by atoms with E-state index in [-0.39, 0.29) is 18.7 Å². The summed E-state index contributed by atoms with van der Waals surface area (Å²) < 4.78 is 32.4. The number of carbonyl (C=O) groups excluding carboxylic acids is 1. The average Bonchev–Trinajstić information content (AvgIpc) is 2.97. The molecule has 0 saturated carbocycles. The number of benzene rings is 2. The van der Waals surface area contributed by atoms with Gasteiger partial charge in [0, 0.05) is 42.2 Å². The second-order valence-corrected chi connectivity index (χ2v) is 7.59. The lowest BCUT2D eigenvalue weighted by molar-refractivity contribution is 0.112. The number of hydrogen-bond acceptors (Lipinski definition) is 4. The first-order valence-corrected chi connectivity index (χ1v) is 10.3. The average molecular weight is 416 g/mol. The zero-order valence-electron chi connectivity index (χ0n) is 16.6. The van der Waals surface area contributed by atoms with Gasteiger partial charge in [-0.25, -0.2) is 8.78 Å². The Bertz CT molecular complexity index is 1090. The third-order valence-electron chi connectivity index (χ3n) is 4.99. The Kier molecular flexibility index (Phi) is 6.39. The highest BCUT2D eigenvalue weighted by molar-refractivity contribution is 7.99. The monoisotopic (exact) mass is 415 g/mol. The van der Waals surface area contributed by atoms with E-state index in [2.05, 4.69) is 0 Å².